The minimum Gasteiger partial charge on any atom is -0.465 e. The number of likely N-dealkylation sites (tertiary alicyclic amines) is 1. The smallest absolute Gasteiger partial charge is 0.338 e. The highest BCUT2D eigenvalue weighted by Gasteiger charge is 2.29. The summed E-state index contributed by atoms with van der Waals surface area (Å²) in [4.78, 5) is 26.5. The molecule has 0 aliphatic carbocycles. The van der Waals surface area contributed by atoms with Crippen LogP contribution in [0.5, 0.6) is 0 Å². The van der Waals surface area contributed by atoms with Crippen molar-refractivity contribution < 1.29 is 18.7 Å². The number of carbonyl (C=O) groups is 2. The lowest BCUT2D eigenvalue weighted by molar-refractivity contribution is 0.0592. The molecular weight excluding hydrogens is 333 g/mol. The van der Waals surface area contributed by atoms with Crippen LogP contribution in [-0.2, 0) is 11.2 Å². The Labute approximate surface area is 152 Å². The second-order valence-electron chi connectivity index (χ2n) is 6.73. The number of esters is 1. The van der Waals surface area contributed by atoms with Gasteiger partial charge in [-0.25, -0.2) is 9.18 Å². The van der Waals surface area contributed by atoms with Gasteiger partial charge in [0, 0.05) is 13.1 Å². The zero-order valence-corrected chi connectivity index (χ0v) is 15.0. The average molecular weight is 355 g/mol. The standard InChI is InChI=1S/C21H22FNO3/c1-14-7-8-15(12-19(14)22)11-16-9-10-23(13-16)20(24)17-5-3-4-6-18(17)21(25)26-2/h3-8,12,16H,9-11,13H2,1-2H3. The minimum absolute atomic E-state index is 0.163. The third-order valence-corrected chi connectivity index (χ3v) is 4.90. The molecule has 5 heteroatoms. The maximum absolute atomic E-state index is 13.7. The first kappa shape index (κ1) is 18.1. The lowest BCUT2D eigenvalue weighted by Crippen LogP contribution is -2.30. The van der Waals surface area contributed by atoms with Gasteiger partial charge in [0.25, 0.3) is 5.91 Å². The van der Waals surface area contributed by atoms with E-state index < -0.39 is 5.97 Å². The largest absolute Gasteiger partial charge is 0.465 e. The van der Waals surface area contributed by atoms with Crippen LogP contribution in [0.25, 0.3) is 0 Å². The Bertz CT molecular complexity index is 834. The summed E-state index contributed by atoms with van der Waals surface area (Å²) in [5.74, 6) is -0.588. The number of hydrogen-bond donors (Lipinski definition) is 0. The molecular formula is C21H22FNO3. The first-order valence-corrected chi connectivity index (χ1v) is 8.71. The lowest BCUT2D eigenvalue weighted by atomic mass is 9.98. The van der Waals surface area contributed by atoms with Gasteiger partial charge in [0.15, 0.2) is 0 Å². The van der Waals surface area contributed by atoms with Crippen LogP contribution in [0.4, 0.5) is 4.39 Å². The fourth-order valence-corrected chi connectivity index (χ4v) is 3.41. The van der Waals surface area contributed by atoms with Crippen LogP contribution in [0, 0.1) is 18.7 Å². The number of halogens is 1. The van der Waals surface area contributed by atoms with Gasteiger partial charge in [0.2, 0.25) is 0 Å². The van der Waals surface area contributed by atoms with Crippen molar-refractivity contribution in [3.05, 3.63) is 70.5 Å². The Hall–Kier alpha value is -2.69. The molecule has 0 radical (unpaired) electrons. The summed E-state index contributed by atoms with van der Waals surface area (Å²) in [5, 5.41) is 0. The highest BCUT2D eigenvalue weighted by Crippen LogP contribution is 2.24. The Balaban J connectivity index is 1.70. The number of methoxy groups -OCH3 is 1. The van der Waals surface area contributed by atoms with E-state index in [0.29, 0.717) is 24.2 Å². The first-order valence-electron chi connectivity index (χ1n) is 8.71. The van der Waals surface area contributed by atoms with E-state index in [1.54, 1.807) is 48.2 Å². The van der Waals surface area contributed by atoms with E-state index in [9.17, 15) is 14.0 Å². The first-order chi connectivity index (χ1) is 12.5. The number of aryl methyl sites for hydroxylation is 1. The fourth-order valence-electron chi connectivity index (χ4n) is 3.41. The average Bonchev–Trinajstić information content (AvgIpc) is 3.12. The van der Waals surface area contributed by atoms with E-state index in [1.165, 1.54) is 7.11 Å². The van der Waals surface area contributed by atoms with E-state index in [2.05, 4.69) is 0 Å². The van der Waals surface area contributed by atoms with Gasteiger partial charge in [-0.15, -0.1) is 0 Å². The molecule has 1 aliphatic rings. The highest BCUT2D eigenvalue weighted by molar-refractivity contribution is 6.05. The van der Waals surface area contributed by atoms with Crippen LogP contribution in [0.3, 0.4) is 0 Å². The van der Waals surface area contributed by atoms with Gasteiger partial charge >= 0.3 is 5.97 Å². The molecule has 1 saturated heterocycles. The molecule has 136 valence electrons. The number of rotatable bonds is 4. The maximum Gasteiger partial charge on any atom is 0.338 e. The molecule has 2 aromatic rings. The van der Waals surface area contributed by atoms with Gasteiger partial charge in [0.05, 0.1) is 18.2 Å². The Kier molecular flexibility index (Phi) is 5.35. The molecule has 0 bridgehead atoms. The quantitative estimate of drug-likeness (QED) is 0.787. The second kappa shape index (κ2) is 7.68. The summed E-state index contributed by atoms with van der Waals surface area (Å²) in [5.41, 5.74) is 2.23. The zero-order valence-electron chi connectivity index (χ0n) is 15.0. The van der Waals surface area contributed by atoms with Crippen molar-refractivity contribution in [3.8, 4) is 0 Å². The number of ether oxygens (including phenoxy) is 1. The van der Waals surface area contributed by atoms with Crippen LogP contribution in [0.15, 0.2) is 42.5 Å². The molecule has 26 heavy (non-hydrogen) atoms. The molecule has 0 spiro atoms. The Morgan fingerprint density at radius 2 is 1.92 bits per heavy atom. The van der Waals surface area contributed by atoms with E-state index in [0.717, 1.165) is 18.4 Å². The summed E-state index contributed by atoms with van der Waals surface area (Å²) >= 11 is 0. The van der Waals surface area contributed by atoms with Crippen LogP contribution < -0.4 is 0 Å². The fraction of sp³-hybridized carbons (Fsp3) is 0.333. The summed E-state index contributed by atoms with van der Waals surface area (Å²) in [6, 6.07) is 12.0. The predicted molar refractivity (Wildman–Crippen MR) is 96.6 cm³/mol. The maximum atomic E-state index is 13.7. The van der Waals surface area contributed by atoms with Crippen molar-refractivity contribution in [3.63, 3.8) is 0 Å². The molecule has 3 rings (SSSR count). The molecule has 1 amide bonds. The summed E-state index contributed by atoms with van der Waals surface area (Å²) in [6.07, 6.45) is 1.60. The Morgan fingerprint density at radius 3 is 2.62 bits per heavy atom. The SMILES string of the molecule is COC(=O)c1ccccc1C(=O)N1CCC(Cc2ccc(C)c(F)c2)C1. The molecule has 1 aliphatic heterocycles. The van der Waals surface area contributed by atoms with E-state index in [4.69, 9.17) is 4.74 Å². The second-order valence-corrected chi connectivity index (χ2v) is 6.73. The number of benzene rings is 2. The molecule has 0 aromatic heterocycles. The van der Waals surface area contributed by atoms with E-state index in [1.807, 2.05) is 6.07 Å². The van der Waals surface area contributed by atoms with Crippen LogP contribution in [0.2, 0.25) is 0 Å². The third kappa shape index (κ3) is 3.77. The van der Waals surface area contributed by atoms with Crippen molar-refractivity contribution in [1.29, 1.82) is 0 Å². The van der Waals surface area contributed by atoms with Gasteiger partial charge in [-0.2, -0.15) is 0 Å². The topological polar surface area (TPSA) is 46.6 Å². The Morgan fingerprint density at radius 1 is 1.19 bits per heavy atom. The van der Waals surface area contributed by atoms with E-state index >= 15 is 0 Å². The monoisotopic (exact) mass is 355 g/mol. The van der Waals surface area contributed by atoms with Crippen LogP contribution >= 0.6 is 0 Å². The van der Waals surface area contributed by atoms with Gasteiger partial charge in [-0.3, -0.25) is 4.79 Å². The van der Waals surface area contributed by atoms with Gasteiger partial charge in [-0.05, 0) is 55.0 Å². The number of amides is 1. The van der Waals surface area contributed by atoms with E-state index in [-0.39, 0.29) is 23.2 Å². The van der Waals surface area contributed by atoms with Crippen molar-refractivity contribution in [2.75, 3.05) is 20.2 Å². The molecule has 1 heterocycles. The highest BCUT2D eigenvalue weighted by atomic mass is 19.1. The van der Waals surface area contributed by atoms with Crippen molar-refractivity contribution >= 4 is 11.9 Å². The lowest BCUT2D eigenvalue weighted by Gasteiger charge is -2.18. The van der Waals surface area contributed by atoms with Crippen molar-refractivity contribution in [1.82, 2.24) is 4.90 Å². The number of nitrogens with zero attached hydrogens (tertiary/aromatic N) is 1. The van der Waals surface area contributed by atoms with Crippen LogP contribution in [-0.4, -0.2) is 37.0 Å². The zero-order chi connectivity index (χ0) is 18.7. The number of carbonyl (C=O) groups excluding carboxylic acids is 2. The molecule has 1 unspecified atom stereocenters. The van der Waals surface area contributed by atoms with Crippen molar-refractivity contribution in [2.24, 2.45) is 5.92 Å². The molecule has 0 N–H and O–H groups in total. The predicted octanol–water partition coefficient (Wildman–Crippen LogP) is 3.63. The minimum atomic E-state index is -0.514. The van der Waals surface area contributed by atoms with Crippen molar-refractivity contribution in [2.45, 2.75) is 19.8 Å². The normalized spacial score (nSPS) is 16.6. The summed E-state index contributed by atoms with van der Waals surface area (Å²) in [7, 11) is 1.30. The summed E-state index contributed by atoms with van der Waals surface area (Å²) < 4.78 is 18.5. The van der Waals surface area contributed by atoms with Gasteiger partial charge in [0.1, 0.15) is 5.82 Å². The van der Waals surface area contributed by atoms with Gasteiger partial charge in [-0.1, -0.05) is 24.3 Å². The number of hydrogen-bond acceptors (Lipinski definition) is 3. The molecule has 1 fully saturated rings. The van der Waals surface area contributed by atoms with Crippen LogP contribution in [0.1, 0.15) is 38.3 Å². The molecule has 0 saturated carbocycles. The summed E-state index contributed by atoms with van der Waals surface area (Å²) in [6.45, 7) is 2.98. The van der Waals surface area contributed by atoms with Gasteiger partial charge < -0.3 is 9.64 Å². The molecule has 1 atom stereocenters. The molecule has 2 aromatic carbocycles. The molecule has 4 nitrogen and oxygen atoms in total. The third-order valence-electron chi connectivity index (χ3n) is 4.90.